The molecule has 2 aromatic carbocycles. The first-order valence-electron chi connectivity index (χ1n) is 8.84. The van der Waals surface area contributed by atoms with Crippen LogP contribution in [0.25, 0.3) is 0 Å². The quantitative estimate of drug-likeness (QED) is 0.468. The summed E-state index contributed by atoms with van der Waals surface area (Å²) < 4.78 is 28.2. The largest absolute Gasteiger partial charge is 0.322 e. The summed E-state index contributed by atoms with van der Waals surface area (Å²) >= 11 is 4.85. The molecule has 1 aromatic heterocycles. The van der Waals surface area contributed by atoms with Gasteiger partial charge in [0.05, 0.1) is 4.90 Å². The first-order valence-corrected chi connectivity index (χ1v) is 12.0. The zero-order chi connectivity index (χ0) is 21.2. The second kappa shape index (κ2) is 8.30. The average molecular weight is 493 g/mol. The Kier molecular flexibility index (Phi) is 6.16. The first-order chi connectivity index (χ1) is 13.6. The molecule has 1 heterocycles. The molecule has 0 aliphatic rings. The predicted molar refractivity (Wildman–Crippen MR) is 122 cm³/mol. The van der Waals surface area contributed by atoms with Gasteiger partial charge in [-0.1, -0.05) is 42.8 Å². The van der Waals surface area contributed by atoms with Crippen LogP contribution in [-0.4, -0.2) is 14.3 Å². The van der Waals surface area contributed by atoms with Crippen LogP contribution >= 0.6 is 27.3 Å². The van der Waals surface area contributed by atoms with Gasteiger partial charge in [-0.25, -0.2) is 8.42 Å². The van der Waals surface area contributed by atoms with E-state index in [9.17, 15) is 13.2 Å². The summed E-state index contributed by atoms with van der Waals surface area (Å²) in [5.41, 5.74) is 2.11. The van der Waals surface area contributed by atoms with E-state index in [1.165, 1.54) is 23.5 Å². The van der Waals surface area contributed by atoms with E-state index >= 15 is 0 Å². The van der Waals surface area contributed by atoms with Crippen LogP contribution in [-0.2, 0) is 15.4 Å². The van der Waals surface area contributed by atoms with E-state index in [0.29, 0.717) is 16.3 Å². The Bertz CT molecular complexity index is 1120. The van der Waals surface area contributed by atoms with E-state index in [-0.39, 0.29) is 16.2 Å². The number of carbonyl (C=O) groups excluding carboxylic acids is 1. The summed E-state index contributed by atoms with van der Waals surface area (Å²) in [7, 11) is -3.66. The zero-order valence-corrected chi connectivity index (χ0v) is 19.4. The summed E-state index contributed by atoms with van der Waals surface area (Å²) in [4.78, 5) is 12.7. The van der Waals surface area contributed by atoms with E-state index in [2.05, 4.69) is 46.7 Å². The maximum Gasteiger partial charge on any atom is 0.262 e. The molecule has 0 fully saturated rings. The third-order valence-electron chi connectivity index (χ3n) is 4.22. The highest BCUT2D eigenvalue weighted by Crippen LogP contribution is 2.30. The van der Waals surface area contributed by atoms with Crippen molar-refractivity contribution in [1.29, 1.82) is 0 Å². The van der Waals surface area contributed by atoms with E-state index < -0.39 is 10.0 Å². The van der Waals surface area contributed by atoms with Crippen LogP contribution in [0.5, 0.6) is 0 Å². The van der Waals surface area contributed by atoms with Gasteiger partial charge in [0.2, 0.25) is 0 Å². The molecule has 0 unspecified atom stereocenters. The molecule has 152 valence electrons. The third-order valence-corrected chi connectivity index (χ3v) is 7.17. The number of halogens is 1. The van der Waals surface area contributed by atoms with Crippen LogP contribution in [0.3, 0.4) is 0 Å². The average Bonchev–Trinajstić information content (AvgIpc) is 3.13. The lowest BCUT2D eigenvalue weighted by atomic mass is 9.86. The van der Waals surface area contributed by atoms with Crippen molar-refractivity contribution in [1.82, 2.24) is 0 Å². The van der Waals surface area contributed by atoms with Crippen LogP contribution in [0, 0.1) is 0 Å². The Labute approximate surface area is 183 Å². The molecule has 0 saturated heterocycles. The second-order valence-corrected chi connectivity index (χ2v) is 11.0. The Morgan fingerprint density at radius 2 is 1.72 bits per heavy atom. The van der Waals surface area contributed by atoms with Gasteiger partial charge in [0.25, 0.3) is 15.9 Å². The summed E-state index contributed by atoms with van der Waals surface area (Å²) in [5, 5.41) is 5.14. The van der Waals surface area contributed by atoms with Crippen molar-refractivity contribution in [2.45, 2.75) is 31.1 Å². The molecule has 0 saturated carbocycles. The number of rotatable bonds is 5. The molecule has 0 spiro atoms. The number of hydrogen-bond donors (Lipinski definition) is 2. The number of carbonyl (C=O) groups is 1. The van der Waals surface area contributed by atoms with Crippen LogP contribution in [0.1, 0.15) is 36.7 Å². The van der Waals surface area contributed by atoms with Gasteiger partial charge >= 0.3 is 0 Å². The molecule has 3 aromatic rings. The van der Waals surface area contributed by atoms with Gasteiger partial charge in [-0.15, -0.1) is 11.3 Å². The van der Waals surface area contributed by atoms with E-state index in [4.69, 9.17) is 0 Å². The van der Waals surface area contributed by atoms with E-state index in [0.717, 1.165) is 10.0 Å². The molecule has 0 bridgehead atoms. The van der Waals surface area contributed by atoms with Crippen molar-refractivity contribution in [3.63, 3.8) is 0 Å². The molecular formula is C21H21BrN2O3S2. The SMILES string of the molecule is CC(C)(C)c1ccc(C(=O)Nc2ccc(S(=O)(=O)Nc3cccs3)cc2)cc1Br. The summed E-state index contributed by atoms with van der Waals surface area (Å²) in [6, 6.07) is 15.0. The Hall–Kier alpha value is -2.16. The van der Waals surface area contributed by atoms with Crippen LogP contribution in [0.4, 0.5) is 10.7 Å². The Balaban J connectivity index is 1.73. The fourth-order valence-electron chi connectivity index (χ4n) is 2.71. The summed E-state index contributed by atoms with van der Waals surface area (Å²) in [5.74, 6) is -0.265. The fraction of sp³-hybridized carbons (Fsp3) is 0.190. The van der Waals surface area contributed by atoms with Crippen molar-refractivity contribution in [2.24, 2.45) is 0 Å². The molecule has 0 radical (unpaired) electrons. The number of benzene rings is 2. The summed E-state index contributed by atoms with van der Waals surface area (Å²) in [6.45, 7) is 6.32. The number of thiophene rings is 1. The van der Waals surface area contributed by atoms with E-state index in [1.54, 1.807) is 41.8 Å². The van der Waals surface area contributed by atoms with Gasteiger partial charge in [-0.05, 0) is 64.9 Å². The summed E-state index contributed by atoms with van der Waals surface area (Å²) in [6.07, 6.45) is 0. The first kappa shape index (κ1) is 21.5. The maximum atomic E-state index is 12.6. The van der Waals surface area contributed by atoms with Crippen molar-refractivity contribution in [3.05, 3.63) is 75.6 Å². The minimum Gasteiger partial charge on any atom is -0.322 e. The molecule has 0 atom stereocenters. The predicted octanol–water partition coefficient (Wildman–Crippen LogP) is 5.86. The fourth-order valence-corrected chi connectivity index (χ4v) is 5.61. The van der Waals surface area contributed by atoms with Gasteiger partial charge in [-0.2, -0.15) is 0 Å². The van der Waals surface area contributed by atoms with Gasteiger partial charge in [0.15, 0.2) is 0 Å². The van der Waals surface area contributed by atoms with E-state index in [1.807, 2.05) is 6.07 Å². The second-order valence-electron chi connectivity index (χ2n) is 7.51. The molecule has 5 nitrogen and oxygen atoms in total. The van der Waals surface area contributed by atoms with Crippen molar-refractivity contribution in [2.75, 3.05) is 10.0 Å². The molecule has 2 N–H and O–H groups in total. The molecule has 8 heteroatoms. The van der Waals surface area contributed by atoms with Crippen LogP contribution in [0.15, 0.2) is 69.3 Å². The maximum absolute atomic E-state index is 12.6. The third kappa shape index (κ3) is 5.26. The smallest absolute Gasteiger partial charge is 0.262 e. The number of nitrogens with one attached hydrogen (secondary N) is 2. The lowest BCUT2D eigenvalue weighted by Crippen LogP contribution is -2.15. The standard InChI is InChI=1S/C21H21BrN2O3S2/c1-21(2,3)17-11-6-14(13-18(17)22)20(25)23-15-7-9-16(10-8-15)29(26,27)24-19-5-4-12-28-19/h4-13,24H,1-3H3,(H,23,25). The Morgan fingerprint density at radius 3 is 2.28 bits per heavy atom. The highest BCUT2D eigenvalue weighted by molar-refractivity contribution is 9.10. The van der Waals surface area contributed by atoms with Crippen LogP contribution < -0.4 is 10.0 Å². The zero-order valence-electron chi connectivity index (χ0n) is 16.2. The normalized spacial score (nSPS) is 11.9. The molecular weight excluding hydrogens is 472 g/mol. The molecule has 1 amide bonds. The highest BCUT2D eigenvalue weighted by atomic mass is 79.9. The topological polar surface area (TPSA) is 75.3 Å². The molecule has 0 aliphatic heterocycles. The van der Waals surface area contributed by atoms with Gasteiger partial charge in [-0.3, -0.25) is 9.52 Å². The minimum atomic E-state index is -3.66. The number of amides is 1. The van der Waals surface area contributed by atoms with Gasteiger partial charge in [0.1, 0.15) is 5.00 Å². The number of sulfonamides is 1. The number of anilines is 2. The lowest BCUT2D eigenvalue weighted by molar-refractivity contribution is 0.102. The number of hydrogen-bond acceptors (Lipinski definition) is 4. The van der Waals surface area contributed by atoms with Crippen molar-refractivity contribution >= 4 is 53.9 Å². The highest BCUT2D eigenvalue weighted by Gasteiger charge is 2.19. The Morgan fingerprint density at radius 1 is 1.03 bits per heavy atom. The molecule has 3 rings (SSSR count). The minimum absolute atomic E-state index is 0.0354. The molecule has 29 heavy (non-hydrogen) atoms. The monoisotopic (exact) mass is 492 g/mol. The van der Waals surface area contributed by atoms with Gasteiger partial charge < -0.3 is 5.32 Å². The van der Waals surface area contributed by atoms with Crippen molar-refractivity contribution < 1.29 is 13.2 Å². The lowest BCUT2D eigenvalue weighted by Gasteiger charge is -2.21. The molecule has 0 aliphatic carbocycles. The van der Waals surface area contributed by atoms with Crippen molar-refractivity contribution in [3.8, 4) is 0 Å². The van der Waals surface area contributed by atoms with Crippen LogP contribution in [0.2, 0.25) is 0 Å². The van der Waals surface area contributed by atoms with Gasteiger partial charge in [0, 0.05) is 15.7 Å².